The lowest BCUT2D eigenvalue weighted by Gasteiger charge is -1.79. The van der Waals surface area contributed by atoms with Gasteiger partial charge in [-0.2, -0.15) is 0 Å². The summed E-state index contributed by atoms with van der Waals surface area (Å²) in [6.07, 6.45) is 6.42. The summed E-state index contributed by atoms with van der Waals surface area (Å²) >= 11 is 0. The largest absolute Gasteiger partial charge is 0.0722 e. The SMILES string of the molecule is [C]1=c2ccccc2=CC1. The molecule has 0 saturated carbocycles. The molecule has 1 aliphatic carbocycles. The lowest BCUT2D eigenvalue weighted by Crippen LogP contribution is -2.19. The number of rotatable bonds is 0. The molecular weight excluding hydrogens is 108 g/mol. The summed E-state index contributed by atoms with van der Waals surface area (Å²) in [7, 11) is 0. The maximum absolute atomic E-state index is 3.24. The Morgan fingerprint density at radius 2 is 2.11 bits per heavy atom. The van der Waals surface area contributed by atoms with E-state index in [1.165, 1.54) is 10.4 Å². The van der Waals surface area contributed by atoms with Gasteiger partial charge in [0.25, 0.3) is 0 Å². The van der Waals surface area contributed by atoms with Gasteiger partial charge in [-0.05, 0) is 22.9 Å². The predicted molar refractivity (Wildman–Crippen MR) is 38.2 cm³/mol. The first-order valence-electron chi connectivity index (χ1n) is 3.13. The van der Waals surface area contributed by atoms with Crippen molar-refractivity contribution in [2.24, 2.45) is 0 Å². The molecule has 0 unspecified atom stereocenters. The molecule has 0 heterocycles. The van der Waals surface area contributed by atoms with Crippen LogP contribution in [-0.2, 0) is 0 Å². The molecule has 0 heteroatoms. The molecule has 1 aromatic rings. The fourth-order valence-corrected chi connectivity index (χ4v) is 1.11. The van der Waals surface area contributed by atoms with Gasteiger partial charge in [-0.15, -0.1) is 0 Å². The van der Waals surface area contributed by atoms with Crippen molar-refractivity contribution < 1.29 is 0 Å². The number of hydrogen-bond donors (Lipinski definition) is 0. The zero-order valence-corrected chi connectivity index (χ0v) is 5.09. The quantitative estimate of drug-likeness (QED) is 0.462. The molecule has 1 aliphatic rings. The van der Waals surface area contributed by atoms with Crippen molar-refractivity contribution >= 4 is 12.2 Å². The second-order valence-corrected chi connectivity index (χ2v) is 2.17. The first kappa shape index (κ1) is 4.80. The molecule has 0 amide bonds. The van der Waals surface area contributed by atoms with E-state index < -0.39 is 0 Å². The molecule has 0 atom stereocenters. The lowest BCUT2D eigenvalue weighted by atomic mass is 10.3. The molecule has 9 heavy (non-hydrogen) atoms. The molecule has 0 bridgehead atoms. The second-order valence-electron chi connectivity index (χ2n) is 2.17. The molecule has 0 spiro atoms. The van der Waals surface area contributed by atoms with Crippen LogP contribution in [0.2, 0.25) is 0 Å². The van der Waals surface area contributed by atoms with E-state index in [4.69, 9.17) is 0 Å². The number of benzene rings is 1. The zero-order chi connectivity index (χ0) is 6.10. The highest BCUT2D eigenvalue weighted by Crippen LogP contribution is 1.87. The molecule has 2 rings (SSSR count). The highest BCUT2D eigenvalue weighted by atomic mass is 13.9. The molecule has 0 N–H and O–H groups in total. The van der Waals surface area contributed by atoms with Gasteiger partial charge < -0.3 is 0 Å². The summed E-state index contributed by atoms with van der Waals surface area (Å²) in [6, 6.07) is 8.32. The molecule has 0 saturated heterocycles. The van der Waals surface area contributed by atoms with Crippen molar-refractivity contribution in [2.75, 3.05) is 0 Å². The average molecular weight is 115 g/mol. The Bertz CT molecular complexity index is 287. The molecule has 0 aliphatic heterocycles. The summed E-state index contributed by atoms with van der Waals surface area (Å²) in [4.78, 5) is 0. The van der Waals surface area contributed by atoms with Crippen LogP contribution in [-0.4, -0.2) is 0 Å². The van der Waals surface area contributed by atoms with E-state index in [0.29, 0.717) is 0 Å². The Labute approximate surface area is 54.1 Å². The summed E-state index contributed by atoms with van der Waals surface area (Å²) in [5.74, 6) is 0. The molecule has 1 radical (unpaired) electrons. The standard InChI is InChI=1S/C9H7/c1-2-5-9-7-3-6-8(9)4-1/h1-2,4-6H,3H2. The van der Waals surface area contributed by atoms with Gasteiger partial charge >= 0.3 is 0 Å². The summed E-state index contributed by atoms with van der Waals surface area (Å²) in [5, 5.41) is 2.59. The van der Waals surface area contributed by atoms with E-state index >= 15 is 0 Å². The summed E-state index contributed by atoms with van der Waals surface area (Å²) in [5.41, 5.74) is 0. The minimum absolute atomic E-state index is 0.985. The van der Waals surface area contributed by atoms with Crippen molar-refractivity contribution in [1.29, 1.82) is 0 Å². The van der Waals surface area contributed by atoms with Crippen molar-refractivity contribution in [3.8, 4) is 0 Å². The third-order valence-electron chi connectivity index (χ3n) is 1.58. The first-order valence-corrected chi connectivity index (χ1v) is 3.13. The Morgan fingerprint density at radius 3 is 3.00 bits per heavy atom. The zero-order valence-electron chi connectivity index (χ0n) is 5.09. The maximum Gasteiger partial charge on any atom is -0.00790 e. The Kier molecular flexibility index (Phi) is 0.922. The smallest absolute Gasteiger partial charge is 0.00790 e. The minimum Gasteiger partial charge on any atom is -0.0722 e. The van der Waals surface area contributed by atoms with E-state index in [2.05, 4.69) is 30.4 Å². The van der Waals surface area contributed by atoms with Crippen LogP contribution in [0.4, 0.5) is 0 Å². The van der Waals surface area contributed by atoms with Gasteiger partial charge in [0.15, 0.2) is 0 Å². The average Bonchev–Trinajstić information content (AvgIpc) is 2.33. The van der Waals surface area contributed by atoms with E-state index in [1.54, 1.807) is 0 Å². The van der Waals surface area contributed by atoms with E-state index in [-0.39, 0.29) is 0 Å². The maximum atomic E-state index is 3.24. The normalized spacial score (nSPS) is 13.8. The first-order chi connectivity index (χ1) is 4.47. The van der Waals surface area contributed by atoms with Crippen LogP contribution in [0.1, 0.15) is 6.42 Å². The van der Waals surface area contributed by atoms with E-state index in [1.807, 2.05) is 6.07 Å². The van der Waals surface area contributed by atoms with Crippen LogP contribution in [0.5, 0.6) is 0 Å². The Balaban J connectivity index is 2.97. The van der Waals surface area contributed by atoms with Crippen LogP contribution in [0, 0.1) is 0 Å². The lowest BCUT2D eigenvalue weighted by molar-refractivity contribution is 1.55. The van der Waals surface area contributed by atoms with E-state index in [9.17, 15) is 0 Å². The van der Waals surface area contributed by atoms with Gasteiger partial charge in [0, 0.05) is 0 Å². The van der Waals surface area contributed by atoms with Crippen LogP contribution >= 0.6 is 0 Å². The monoisotopic (exact) mass is 115 g/mol. The van der Waals surface area contributed by atoms with Gasteiger partial charge in [-0.3, -0.25) is 0 Å². The molecule has 0 nitrogen and oxygen atoms in total. The van der Waals surface area contributed by atoms with E-state index in [0.717, 1.165) is 6.42 Å². The number of hydrogen-bond acceptors (Lipinski definition) is 0. The Hall–Kier alpha value is -1.04. The fraction of sp³-hybridized carbons (Fsp3) is 0.111. The van der Waals surface area contributed by atoms with Gasteiger partial charge in [0.2, 0.25) is 0 Å². The van der Waals surface area contributed by atoms with Gasteiger partial charge in [-0.1, -0.05) is 30.3 Å². The molecule has 0 aromatic heterocycles. The van der Waals surface area contributed by atoms with Gasteiger partial charge in [0.05, 0.1) is 0 Å². The summed E-state index contributed by atoms with van der Waals surface area (Å²) < 4.78 is 0. The van der Waals surface area contributed by atoms with Crippen LogP contribution < -0.4 is 10.4 Å². The topological polar surface area (TPSA) is 0 Å². The predicted octanol–water partition coefficient (Wildman–Crippen LogP) is 0.528. The number of fused-ring (bicyclic) bond motifs is 1. The highest BCUT2D eigenvalue weighted by Gasteiger charge is 1.88. The van der Waals surface area contributed by atoms with Crippen molar-refractivity contribution in [2.45, 2.75) is 6.42 Å². The second kappa shape index (κ2) is 1.73. The highest BCUT2D eigenvalue weighted by molar-refractivity contribution is 5.45. The van der Waals surface area contributed by atoms with Crippen LogP contribution in [0.3, 0.4) is 0 Å². The molecular formula is C9H7. The molecule has 1 aromatic carbocycles. The third kappa shape index (κ3) is 0.672. The van der Waals surface area contributed by atoms with Crippen LogP contribution in [0.25, 0.3) is 12.2 Å². The summed E-state index contributed by atoms with van der Waals surface area (Å²) in [6.45, 7) is 0. The fourth-order valence-electron chi connectivity index (χ4n) is 1.11. The van der Waals surface area contributed by atoms with Crippen molar-refractivity contribution in [3.05, 3.63) is 34.7 Å². The Morgan fingerprint density at radius 1 is 1.22 bits per heavy atom. The van der Waals surface area contributed by atoms with Crippen molar-refractivity contribution in [3.63, 3.8) is 0 Å². The minimum atomic E-state index is 0.985. The van der Waals surface area contributed by atoms with Gasteiger partial charge in [-0.25, -0.2) is 0 Å². The molecule has 43 valence electrons. The van der Waals surface area contributed by atoms with Gasteiger partial charge in [0.1, 0.15) is 0 Å². The molecule has 0 fully saturated rings. The third-order valence-corrected chi connectivity index (χ3v) is 1.58. The van der Waals surface area contributed by atoms with Crippen LogP contribution in [0.15, 0.2) is 24.3 Å². The van der Waals surface area contributed by atoms with Crippen molar-refractivity contribution in [1.82, 2.24) is 0 Å².